The third-order valence-electron chi connectivity index (χ3n) is 3.74. The van der Waals surface area contributed by atoms with Crippen LogP contribution in [0.15, 0.2) is 18.2 Å². The zero-order valence-electron chi connectivity index (χ0n) is 10.7. The molecule has 1 N–H and O–H groups in total. The van der Waals surface area contributed by atoms with Crippen molar-refractivity contribution in [1.82, 2.24) is 4.90 Å². The number of ether oxygens (including phenoxy) is 2. The Morgan fingerprint density at radius 3 is 2.78 bits per heavy atom. The van der Waals surface area contributed by atoms with Gasteiger partial charge in [-0.25, -0.2) is 0 Å². The van der Waals surface area contributed by atoms with Gasteiger partial charge in [0.2, 0.25) is 0 Å². The number of nitrogens with zero attached hydrogens (tertiary/aromatic N) is 1. The Hall–Kier alpha value is -1.26. The number of β-amino-alcohol motifs (C(OH)–C–C–N with tert-alkyl or cyclic N) is 1. The van der Waals surface area contributed by atoms with Crippen LogP contribution in [0.3, 0.4) is 0 Å². The minimum atomic E-state index is -0.761. The molecule has 2 aliphatic heterocycles. The van der Waals surface area contributed by atoms with E-state index in [1.165, 1.54) is 0 Å². The van der Waals surface area contributed by atoms with E-state index in [4.69, 9.17) is 9.47 Å². The zero-order valence-corrected chi connectivity index (χ0v) is 10.7. The van der Waals surface area contributed by atoms with Crippen LogP contribution in [0.5, 0.6) is 11.5 Å². The van der Waals surface area contributed by atoms with Crippen LogP contribution < -0.4 is 9.47 Å². The maximum atomic E-state index is 10.8. The lowest BCUT2D eigenvalue weighted by molar-refractivity contribution is -0.0280. The number of piperidine rings is 1. The lowest BCUT2D eigenvalue weighted by Crippen LogP contribution is -2.44. The maximum absolute atomic E-state index is 10.8. The highest BCUT2D eigenvalue weighted by Gasteiger charge is 2.34. The van der Waals surface area contributed by atoms with Crippen LogP contribution in [0.25, 0.3) is 0 Å². The fraction of sp³-hybridized carbons (Fsp3) is 0.571. The number of likely N-dealkylation sites (N-methyl/N-ethyl adjacent to an activating group) is 1. The Bertz CT molecular complexity index is 449. The molecule has 1 unspecified atom stereocenters. The second-order valence-electron chi connectivity index (χ2n) is 5.23. The van der Waals surface area contributed by atoms with Gasteiger partial charge in [0.15, 0.2) is 11.5 Å². The predicted octanol–water partition coefficient (Wildman–Crippen LogP) is 1.37. The molecule has 1 atom stereocenters. The van der Waals surface area contributed by atoms with E-state index < -0.39 is 5.60 Å². The molecule has 0 aliphatic carbocycles. The van der Waals surface area contributed by atoms with E-state index in [1.807, 2.05) is 25.2 Å². The second-order valence-corrected chi connectivity index (χ2v) is 5.23. The quantitative estimate of drug-likeness (QED) is 0.816. The Balaban J connectivity index is 1.91. The Morgan fingerprint density at radius 1 is 1.22 bits per heavy atom. The molecular formula is C14H19NO3. The summed E-state index contributed by atoms with van der Waals surface area (Å²) in [5.74, 6) is 1.53. The van der Waals surface area contributed by atoms with Crippen LogP contribution in [0.2, 0.25) is 0 Å². The van der Waals surface area contributed by atoms with E-state index in [1.54, 1.807) is 0 Å². The van der Waals surface area contributed by atoms with Gasteiger partial charge in [-0.1, -0.05) is 6.07 Å². The highest BCUT2D eigenvalue weighted by molar-refractivity contribution is 5.45. The van der Waals surface area contributed by atoms with Gasteiger partial charge in [-0.2, -0.15) is 0 Å². The molecule has 2 heterocycles. The number of aliphatic hydroxyl groups is 1. The van der Waals surface area contributed by atoms with Gasteiger partial charge in [0.05, 0.1) is 0 Å². The Kier molecular flexibility index (Phi) is 2.92. The largest absolute Gasteiger partial charge is 0.486 e. The molecule has 1 saturated heterocycles. The second kappa shape index (κ2) is 4.44. The molecule has 0 saturated carbocycles. The summed E-state index contributed by atoms with van der Waals surface area (Å²) in [4.78, 5) is 2.17. The first kappa shape index (κ1) is 11.8. The molecule has 1 fully saturated rings. The monoisotopic (exact) mass is 249 g/mol. The van der Waals surface area contributed by atoms with E-state index in [-0.39, 0.29) is 0 Å². The van der Waals surface area contributed by atoms with E-state index >= 15 is 0 Å². The number of hydrogen-bond acceptors (Lipinski definition) is 4. The maximum Gasteiger partial charge on any atom is 0.161 e. The van der Waals surface area contributed by atoms with Crippen molar-refractivity contribution in [2.75, 3.05) is 33.4 Å². The van der Waals surface area contributed by atoms with Crippen LogP contribution in [0.1, 0.15) is 18.4 Å². The summed E-state index contributed by atoms with van der Waals surface area (Å²) in [5.41, 5.74) is 0.168. The van der Waals surface area contributed by atoms with Gasteiger partial charge in [0.1, 0.15) is 18.8 Å². The summed E-state index contributed by atoms with van der Waals surface area (Å²) >= 11 is 0. The van der Waals surface area contributed by atoms with E-state index in [9.17, 15) is 5.11 Å². The summed E-state index contributed by atoms with van der Waals surface area (Å²) < 4.78 is 11.1. The molecule has 0 radical (unpaired) electrons. The van der Waals surface area contributed by atoms with Crippen LogP contribution in [0.4, 0.5) is 0 Å². The molecule has 0 bridgehead atoms. The zero-order chi connectivity index (χ0) is 12.6. The summed E-state index contributed by atoms with van der Waals surface area (Å²) in [7, 11) is 2.04. The number of hydrogen-bond donors (Lipinski definition) is 1. The molecular weight excluding hydrogens is 230 g/mol. The van der Waals surface area contributed by atoms with Crippen molar-refractivity contribution in [3.8, 4) is 11.5 Å². The topological polar surface area (TPSA) is 41.9 Å². The van der Waals surface area contributed by atoms with Gasteiger partial charge in [0.25, 0.3) is 0 Å². The molecule has 1 aromatic rings. The number of fused-ring (bicyclic) bond motifs is 1. The highest BCUT2D eigenvalue weighted by Crippen LogP contribution is 2.37. The average molecular weight is 249 g/mol. The molecule has 4 heteroatoms. The molecule has 1 aromatic carbocycles. The van der Waals surface area contributed by atoms with E-state index in [2.05, 4.69) is 4.90 Å². The molecule has 0 spiro atoms. The molecule has 2 aliphatic rings. The fourth-order valence-electron chi connectivity index (χ4n) is 2.81. The first-order chi connectivity index (χ1) is 8.67. The van der Waals surface area contributed by atoms with Crippen molar-refractivity contribution < 1.29 is 14.6 Å². The van der Waals surface area contributed by atoms with Gasteiger partial charge in [0, 0.05) is 6.54 Å². The lowest BCUT2D eigenvalue weighted by atomic mass is 9.86. The van der Waals surface area contributed by atoms with Crippen molar-refractivity contribution in [2.45, 2.75) is 18.4 Å². The Morgan fingerprint density at radius 2 is 2.00 bits per heavy atom. The van der Waals surface area contributed by atoms with Crippen molar-refractivity contribution in [1.29, 1.82) is 0 Å². The summed E-state index contributed by atoms with van der Waals surface area (Å²) in [6.07, 6.45) is 1.82. The molecule has 0 amide bonds. The molecule has 18 heavy (non-hydrogen) atoms. The highest BCUT2D eigenvalue weighted by atomic mass is 16.6. The lowest BCUT2D eigenvalue weighted by Gasteiger charge is -2.38. The average Bonchev–Trinajstić information content (AvgIpc) is 2.38. The van der Waals surface area contributed by atoms with Gasteiger partial charge >= 0.3 is 0 Å². The van der Waals surface area contributed by atoms with Crippen LogP contribution >= 0.6 is 0 Å². The van der Waals surface area contributed by atoms with Crippen LogP contribution in [-0.2, 0) is 5.60 Å². The first-order valence-electron chi connectivity index (χ1n) is 6.48. The summed E-state index contributed by atoms with van der Waals surface area (Å²) in [5, 5.41) is 10.8. The third kappa shape index (κ3) is 2.06. The van der Waals surface area contributed by atoms with E-state index in [0.717, 1.165) is 36.4 Å². The number of benzene rings is 1. The Labute approximate surface area is 107 Å². The van der Waals surface area contributed by atoms with Crippen molar-refractivity contribution in [2.24, 2.45) is 0 Å². The van der Waals surface area contributed by atoms with Gasteiger partial charge in [-0.05, 0) is 44.1 Å². The van der Waals surface area contributed by atoms with Gasteiger partial charge < -0.3 is 19.5 Å². The number of likely N-dealkylation sites (tertiary alicyclic amines) is 1. The SMILES string of the molecule is CN1CCCC(O)(c2ccc3c(c2)OCCO3)C1. The molecule has 0 aromatic heterocycles. The van der Waals surface area contributed by atoms with Crippen molar-refractivity contribution >= 4 is 0 Å². The van der Waals surface area contributed by atoms with Crippen molar-refractivity contribution in [3.05, 3.63) is 23.8 Å². The standard InChI is InChI=1S/C14H19NO3/c1-15-6-2-5-14(16,10-15)11-3-4-12-13(9-11)18-8-7-17-12/h3-4,9,16H,2,5-8,10H2,1H3. The van der Waals surface area contributed by atoms with Crippen LogP contribution in [-0.4, -0.2) is 43.4 Å². The minimum Gasteiger partial charge on any atom is -0.486 e. The predicted molar refractivity (Wildman–Crippen MR) is 68.1 cm³/mol. The smallest absolute Gasteiger partial charge is 0.161 e. The fourth-order valence-corrected chi connectivity index (χ4v) is 2.81. The van der Waals surface area contributed by atoms with E-state index in [0.29, 0.717) is 19.8 Å². The summed E-state index contributed by atoms with van der Waals surface area (Å²) in [6, 6.07) is 5.77. The summed E-state index contributed by atoms with van der Waals surface area (Å²) in [6.45, 7) is 2.90. The minimum absolute atomic E-state index is 0.578. The molecule has 3 rings (SSSR count). The van der Waals surface area contributed by atoms with Gasteiger partial charge in [-0.3, -0.25) is 0 Å². The normalized spacial score (nSPS) is 28.1. The number of rotatable bonds is 1. The van der Waals surface area contributed by atoms with Crippen molar-refractivity contribution in [3.63, 3.8) is 0 Å². The molecule has 98 valence electrons. The first-order valence-corrected chi connectivity index (χ1v) is 6.48. The third-order valence-corrected chi connectivity index (χ3v) is 3.74. The molecule has 4 nitrogen and oxygen atoms in total. The van der Waals surface area contributed by atoms with Gasteiger partial charge in [-0.15, -0.1) is 0 Å². The van der Waals surface area contributed by atoms with Crippen LogP contribution in [0, 0.1) is 0 Å².